The minimum atomic E-state index is -0.541. The Morgan fingerprint density at radius 2 is 2.22 bits per heavy atom. The number of hydrogen-bond donors (Lipinski definition) is 2. The summed E-state index contributed by atoms with van der Waals surface area (Å²) in [5, 5.41) is 0. The van der Waals surface area contributed by atoms with Crippen LogP contribution in [0.3, 0.4) is 0 Å². The minimum absolute atomic E-state index is 0.154. The summed E-state index contributed by atoms with van der Waals surface area (Å²) in [6.45, 7) is 1.97. The van der Waals surface area contributed by atoms with Gasteiger partial charge in [0.2, 0.25) is 5.91 Å². The topological polar surface area (TPSA) is 84.7 Å². The molecule has 2 rings (SSSR count). The molecular weight excluding hydrogens is 234 g/mol. The number of nitrogens with one attached hydrogen (secondary N) is 1. The van der Waals surface area contributed by atoms with E-state index in [1.807, 2.05) is 17.6 Å². The molecule has 0 spiro atoms. The summed E-state index contributed by atoms with van der Waals surface area (Å²) in [5.41, 5.74) is 2.73. The first kappa shape index (κ1) is 12.4. The molecule has 1 aromatic rings. The van der Waals surface area contributed by atoms with Crippen LogP contribution in [0.1, 0.15) is 13.3 Å². The van der Waals surface area contributed by atoms with Gasteiger partial charge in [-0.2, -0.15) is 0 Å². The van der Waals surface area contributed by atoms with Gasteiger partial charge in [0.15, 0.2) is 6.10 Å². The third kappa shape index (κ3) is 2.28. The van der Waals surface area contributed by atoms with Crippen molar-refractivity contribution in [3.8, 4) is 5.75 Å². The fourth-order valence-electron chi connectivity index (χ4n) is 1.88. The number of benzene rings is 1. The van der Waals surface area contributed by atoms with Gasteiger partial charge in [0.1, 0.15) is 5.75 Å². The molecule has 2 amide bonds. The number of hydrogen-bond acceptors (Lipinski definition) is 4. The zero-order valence-corrected chi connectivity index (χ0v) is 10.1. The van der Waals surface area contributed by atoms with Gasteiger partial charge in [-0.15, -0.1) is 0 Å². The Morgan fingerprint density at radius 3 is 2.94 bits per heavy atom. The van der Waals surface area contributed by atoms with Crippen molar-refractivity contribution >= 4 is 17.5 Å². The Morgan fingerprint density at radius 1 is 1.50 bits per heavy atom. The van der Waals surface area contributed by atoms with Gasteiger partial charge < -0.3 is 9.64 Å². The monoisotopic (exact) mass is 249 g/mol. The molecular formula is C12H15N3O3. The molecule has 0 bridgehead atoms. The molecule has 1 heterocycles. The average molecular weight is 249 g/mol. The number of ether oxygens (including phenoxy) is 1. The van der Waals surface area contributed by atoms with Crippen molar-refractivity contribution in [1.82, 2.24) is 5.43 Å². The maximum Gasteiger partial charge on any atom is 0.267 e. The van der Waals surface area contributed by atoms with Crippen LogP contribution in [-0.4, -0.2) is 24.5 Å². The van der Waals surface area contributed by atoms with E-state index in [2.05, 4.69) is 0 Å². The number of amides is 2. The molecule has 0 aromatic heterocycles. The molecule has 1 aliphatic rings. The largest absolute Gasteiger partial charge is 0.479 e. The number of para-hydroxylation sites is 2. The standard InChI is InChI=1S/C12H15N3O3/c1-8-12(17)15(7-6-11(16)14-13)9-4-2-3-5-10(9)18-8/h2-5,8H,6-7,13H2,1H3,(H,14,16). The van der Waals surface area contributed by atoms with Crippen LogP contribution in [0, 0.1) is 0 Å². The van der Waals surface area contributed by atoms with Crippen LogP contribution in [0.2, 0.25) is 0 Å². The van der Waals surface area contributed by atoms with E-state index in [0.717, 1.165) is 0 Å². The van der Waals surface area contributed by atoms with Gasteiger partial charge in [-0.25, -0.2) is 5.84 Å². The molecule has 1 unspecified atom stereocenters. The number of anilines is 1. The lowest BCUT2D eigenvalue weighted by atomic mass is 10.1. The van der Waals surface area contributed by atoms with Gasteiger partial charge in [0.25, 0.3) is 5.91 Å². The molecule has 1 atom stereocenters. The van der Waals surface area contributed by atoms with Gasteiger partial charge in [-0.3, -0.25) is 15.0 Å². The van der Waals surface area contributed by atoms with Crippen molar-refractivity contribution < 1.29 is 14.3 Å². The van der Waals surface area contributed by atoms with Crippen LogP contribution in [0.5, 0.6) is 5.75 Å². The van der Waals surface area contributed by atoms with Crippen LogP contribution in [0.25, 0.3) is 0 Å². The van der Waals surface area contributed by atoms with E-state index >= 15 is 0 Å². The quantitative estimate of drug-likeness (QED) is 0.454. The van der Waals surface area contributed by atoms with Gasteiger partial charge in [-0.05, 0) is 19.1 Å². The second-order valence-electron chi connectivity index (χ2n) is 4.04. The van der Waals surface area contributed by atoms with Crippen LogP contribution in [0.4, 0.5) is 5.69 Å². The highest BCUT2D eigenvalue weighted by atomic mass is 16.5. The van der Waals surface area contributed by atoms with E-state index in [1.165, 1.54) is 0 Å². The average Bonchev–Trinajstić information content (AvgIpc) is 2.39. The summed E-state index contributed by atoms with van der Waals surface area (Å²) in [6, 6.07) is 7.25. The maximum absolute atomic E-state index is 12.0. The Labute approximate surface area is 105 Å². The number of carbonyl (C=O) groups excluding carboxylic acids is 2. The molecule has 0 saturated carbocycles. The van der Waals surface area contributed by atoms with Crippen LogP contribution >= 0.6 is 0 Å². The Hall–Kier alpha value is -2.08. The summed E-state index contributed by atoms with van der Waals surface area (Å²) in [5.74, 6) is 5.21. The van der Waals surface area contributed by atoms with Crippen molar-refractivity contribution in [3.63, 3.8) is 0 Å². The molecule has 1 aliphatic heterocycles. The molecule has 96 valence electrons. The van der Waals surface area contributed by atoms with Crippen LogP contribution in [-0.2, 0) is 9.59 Å². The maximum atomic E-state index is 12.0. The number of hydrazine groups is 1. The molecule has 3 N–H and O–H groups in total. The molecule has 0 saturated heterocycles. The third-order valence-corrected chi connectivity index (χ3v) is 2.80. The van der Waals surface area contributed by atoms with Crippen LogP contribution < -0.4 is 20.9 Å². The normalized spacial score (nSPS) is 18.0. The first-order chi connectivity index (χ1) is 8.63. The summed E-state index contributed by atoms with van der Waals surface area (Å²) >= 11 is 0. The Kier molecular flexibility index (Phi) is 3.47. The number of nitrogens with zero attached hydrogens (tertiary/aromatic N) is 1. The summed E-state index contributed by atoms with van der Waals surface area (Å²) in [7, 11) is 0. The number of fused-ring (bicyclic) bond motifs is 1. The highest BCUT2D eigenvalue weighted by molar-refractivity contribution is 6.00. The van der Waals surface area contributed by atoms with Gasteiger partial charge in [-0.1, -0.05) is 12.1 Å². The van der Waals surface area contributed by atoms with E-state index < -0.39 is 6.10 Å². The second-order valence-corrected chi connectivity index (χ2v) is 4.04. The predicted molar refractivity (Wildman–Crippen MR) is 65.8 cm³/mol. The lowest BCUT2D eigenvalue weighted by Crippen LogP contribution is -2.46. The molecule has 18 heavy (non-hydrogen) atoms. The van der Waals surface area contributed by atoms with Gasteiger partial charge in [0, 0.05) is 13.0 Å². The van der Waals surface area contributed by atoms with Crippen molar-refractivity contribution in [2.24, 2.45) is 5.84 Å². The second kappa shape index (κ2) is 5.05. The zero-order chi connectivity index (χ0) is 13.1. The lowest BCUT2D eigenvalue weighted by molar-refractivity contribution is -0.125. The highest BCUT2D eigenvalue weighted by Crippen LogP contribution is 2.33. The van der Waals surface area contributed by atoms with E-state index in [-0.39, 0.29) is 24.8 Å². The van der Waals surface area contributed by atoms with Gasteiger partial charge in [0.05, 0.1) is 5.69 Å². The van der Waals surface area contributed by atoms with E-state index in [0.29, 0.717) is 11.4 Å². The molecule has 6 nitrogen and oxygen atoms in total. The summed E-state index contributed by atoms with van der Waals surface area (Å²) < 4.78 is 5.49. The zero-order valence-electron chi connectivity index (χ0n) is 10.1. The number of nitrogens with two attached hydrogens (primary N) is 1. The molecule has 6 heteroatoms. The third-order valence-electron chi connectivity index (χ3n) is 2.80. The van der Waals surface area contributed by atoms with E-state index in [4.69, 9.17) is 10.6 Å². The predicted octanol–water partition coefficient (Wildman–Crippen LogP) is 0.181. The van der Waals surface area contributed by atoms with Crippen molar-refractivity contribution in [3.05, 3.63) is 24.3 Å². The summed E-state index contributed by atoms with van der Waals surface area (Å²) in [4.78, 5) is 24.7. The smallest absolute Gasteiger partial charge is 0.267 e. The fraction of sp³-hybridized carbons (Fsp3) is 0.333. The molecule has 1 aromatic carbocycles. The number of carbonyl (C=O) groups is 2. The fourth-order valence-corrected chi connectivity index (χ4v) is 1.88. The first-order valence-corrected chi connectivity index (χ1v) is 5.70. The first-order valence-electron chi connectivity index (χ1n) is 5.70. The van der Waals surface area contributed by atoms with Crippen molar-refractivity contribution in [2.45, 2.75) is 19.4 Å². The lowest BCUT2D eigenvalue weighted by Gasteiger charge is -2.32. The summed E-state index contributed by atoms with van der Waals surface area (Å²) in [6.07, 6.45) is -0.385. The SMILES string of the molecule is CC1Oc2ccccc2N(CCC(=O)NN)C1=O. The Bertz CT molecular complexity index is 475. The van der Waals surface area contributed by atoms with Crippen molar-refractivity contribution in [2.75, 3.05) is 11.4 Å². The van der Waals surface area contributed by atoms with Crippen LogP contribution in [0.15, 0.2) is 24.3 Å². The highest BCUT2D eigenvalue weighted by Gasteiger charge is 2.31. The van der Waals surface area contributed by atoms with Crippen molar-refractivity contribution in [1.29, 1.82) is 0 Å². The molecule has 0 radical (unpaired) electrons. The van der Waals surface area contributed by atoms with E-state index in [1.54, 1.807) is 24.0 Å². The number of rotatable bonds is 3. The Balaban J connectivity index is 2.22. The van der Waals surface area contributed by atoms with Gasteiger partial charge >= 0.3 is 0 Å². The molecule has 0 fully saturated rings. The molecule has 0 aliphatic carbocycles. The minimum Gasteiger partial charge on any atom is -0.479 e. The van der Waals surface area contributed by atoms with E-state index in [9.17, 15) is 9.59 Å².